The standard InChI is InChI=1S/C13H19NO/c1-11-4-6-12(7-5-11)13(2)10-14(3)8-9-15-13/h4-7H,8-10H2,1-3H3. The molecule has 2 heteroatoms. The average Bonchev–Trinajstić information content (AvgIpc) is 2.18. The van der Waals surface area contributed by atoms with Gasteiger partial charge in [0, 0.05) is 13.1 Å². The minimum absolute atomic E-state index is 0.138. The quantitative estimate of drug-likeness (QED) is 0.696. The maximum absolute atomic E-state index is 5.92. The van der Waals surface area contributed by atoms with Crippen molar-refractivity contribution in [2.75, 3.05) is 26.7 Å². The van der Waals surface area contributed by atoms with E-state index in [9.17, 15) is 0 Å². The Morgan fingerprint density at radius 1 is 1.27 bits per heavy atom. The number of benzene rings is 1. The van der Waals surface area contributed by atoms with Crippen LogP contribution in [0.3, 0.4) is 0 Å². The maximum atomic E-state index is 5.92. The molecule has 0 amide bonds. The van der Waals surface area contributed by atoms with Crippen molar-refractivity contribution in [2.24, 2.45) is 0 Å². The monoisotopic (exact) mass is 205 g/mol. The van der Waals surface area contributed by atoms with Crippen molar-refractivity contribution in [3.63, 3.8) is 0 Å². The number of ether oxygens (including phenoxy) is 1. The predicted molar refractivity (Wildman–Crippen MR) is 62.0 cm³/mol. The van der Waals surface area contributed by atoms with Crippen LogP contribution in [0.4, 0.5) is 0 Å². The Balaban J connectivity index is 2.24. The van der Waals surface area contributed by atoms with E-state index in [-0.39, 0.29) is 5.60 Å². The van der Waals surface area contributed by atoms with Crippen molar-refractivity contribution in [3.8, 4) is 0 Å². The van der Waals surface area contributed by atoms with Gasteiger partial charge in [-0.25, -0.2) is 0 Å². The molecular formula is C13H19NO. The summed E-state index contributed by atoms with van der Waals surface area (Å²) in [5, 5.41) is 0. The molecule has 1 aromatic rings. The Hall–Kier alpha value is -0.860. The smallest absolute Gasteiger partial charge is 0.103 e. The van der Waals surface area contributed by atoms with Crippen LogP contribution < -0.4 is 0 Å². The summed E-state index contributed by atoms with van der Waals surface area (Å²) in [5.41, 5.74) is 2.44. The average molecular weight is 205 g/mol. The number of likely N-dealkylation sites (N-methyl/N-ethyl adjacent to an activating group) is 1. The van der Waals surface area contributed by atoms with Gasteiger partial charge in [0.15, 0.2) is 0 Å². The molecule has 1 aliphatic heterocycles. The van der Waals surface area contributed by atoms with Gasteiger partial charge in [0.25, 0.3) is 0 Å². The van der Waals surface area contributed by atoms with Crippen molar-refractivity contribution in [3.05, 3.63) is 35.4 Å². The van der Waals surface area contributed by atoms with Crippen LogP contribution in [0.15, 0.2) is 24.3 Å². The second kappa shape index (κ2) is 3.95. The van der Waals surface area contributed by atoms with Gasteiger partial charge >= 0.3 is 0 Å². The molecule has 1 aromatic carbocycles. The van der Waals surface area contributed by atoms with Gasteiger partial charge in [0.1, 0.15) is 5.60 Å². The second-order valence-corrected chi connectivity index (χ2v) is 4.68. The molecule has 15 heavy (non-hydrogen) atoms. The third-order valence-electron chi connectivity index (χ3n) is 3.13. The SMILES string of the molecule is Cc1ccc(C2(C)CN(C)CCO2)cc1. The first-order chi connectivity index (χ1) is 7.10. The highest BCUT2D eigenvalue weighted by molar-refractivity contribution is 5.27. The maximum Gasteiger partial charge on any atom is 0.103 e. The first kappa shape index (κ1) is 10.7. The highest BCUT2D eigenvalue weighted by Gasteiger charge is 2.32. The van der Waals surface area contributed by atoms with Gasteiger partial charge in [-0.2, -0.15) is 0 Å². The molecule has 2 rings (SSSR count). The van der Waals surface area contributed by atoms with E-state index < -0.39 is 0 Å². The molecule has 0 N–H and O–H groups in total. The van der Waals surface area contributed by atoms with Crippen LogP contribution in [-0.2, 0) is 10.3 Å². The third-order valence-corrected chi connectivity index (χ3v) is 3.13. The minimum atomic E-state index is -0.138. The van der Waals surface area contributed by atoms with Crippen molar-refractivity contribution in [1.29, 1.82) is 0 Å². The molecule has 1 heterocycles. The zero-order valence-corrected chi connectivity index (χ0v) is 9.79. The van der Waals surface area contributed by atoms with E-state index in [2.05, 4.69) is 50.1 Å². The van der Waals surface area contributed by atoms with E-state index >= 15 is 0 Å². The fourth-order valence-electron chi connectivity index (χ4n) is 2.15. The van der Waals surface area contributed by atoms with Gasteiger partial charge in [0.2, 0.25) is 0 Å². The Labute approximate surface area is 91.9 Å². The number of hydrogen-bond donors (Lipinski definition) is 0. The zero-order valence-electron chi connectivity index (χ0n) is 9.79. The van der Waals surface area contributed by atoms with Crippen LogP contribution in [0.1, 0.15) is 18.1 Å². The third kappa shape index (κ3) is 2.21. The largest absolute Gasteiger partial charge is 0.368 e. The van der Waals surface area contributed by atoms with Gasteiger partial charge < -0.3 is 9.64 Å². The van der Waals surface area contributed by atoms with Gasteiger partial charge in [-0.05, 0) is 26.5 Å². The van der Waals surface area contributed by atoms with E-state index in [4.69, 9.17) is 4.74 Å². The van der Waals surface area contributed by atoms with Crippen LogP contribution in [0.2, 0.25) is 0 Å². The molecule has 0 radical (unpaired) electrons. The van der Waals surface area contributed by atoms with E-state index in [1.165, 1.54) is 11.1 Å². The predicted octanol–water partition coefficient (Wildman–Crippen LogP) is 2.17. The summed E-state index contributed by atoms with van der Waals surface area (Å²) in [4.78, 5) is 2.32. The molecule has 1 aliphatic rings. The number of aryl methyl sites for hydroxylation is 1. The van der Waals surface area contributed by atoms with Gasteiger partial charge in [-0.3, -0.25) is 0 Å². The van der Waals surface area contributed by atoms with Crippen molar-refractivity contribution in [1.82, 2.24) is 4.90 Å². The Morgan fingerprint density at radius 3 is 2.53 bits per heavy atom. The molecule has 1 unspecified atom stereocenters. The minimum Gasteiger partial charge on any atom is -0.368 e. The summed E-state index contributed by atoms with van der Waals surface area (Å²) in [6, 6.07) is 8.65. The topological polar surface area (TPSA) is 12.5 Å². The second-order valence-electron chi connectivity index (χ2n) is 4.68. The molecule has 0 aromatic heterocycles. The summed E-state index contributed by atoms with van der Waals surface area (Å²) < 4.78 is 5.92. The summed E-state index contributed by atoms with van der Waals surface area (Å²) in [6.07, 6.45) is 0. The van der Waals surface area contributed by atoms with E-state index in [1.807, 2.05) is 0 Å². The molecule has 2 nitrogen and oxygen atoms in total. The van der Waals surface area contributed by atoms with Gasteiger partial charge in [-0.1, -0.05) is 29.8 Å². The van der Waals surface area contributed by atoms with Crippen molar-refractivity contribution in [2.45, 2.75) is 19.4 Å². The number of rotatable bonds is 1. The summed E-state index contributed by atoms with van der Waals surface area (Å²) in [6.45, 7) is 7.10. The number of hydrogen-bond acceptors (Lipinski definition) is 2. The fourth-order valence-corrected chi connectivity index (χ4v) is 2.15. The summed E-state index contributed by atoms with van der Waals surface area (Å²) in [5.74, 6) is 0. The summed E-state index contributed by atoms with van der Waals surface area (Å²) in [7, 11) is 2.15. The lowest BCUT2D eigenvalue weighted by molar-refractivity contribution is -0.0963. The Bertz CT molecular complexity index is 333. The molecule has 1 fully saturated rings. The molecule has 1 saturated heterocycles. The van der Waals surface area contributed by atoms with Crippen molar-refractivity contribution < 1.29 is 4.74 Å². The summed E-state index contributed by atoms with van der Waals surface area (Å²) >= 11 is 0. The zero-order chi connectivity index (χ0) is 10.9. The lowest BCUT2D eigenvalue weighted by Gasteiger charge is -2.39. The number of morpholine rings is 1. The molecule has 0 bridgehead atoms. The molecule has 0 spiro atoms. The molecular weight excluding hydrogens is 186 g/mol. The lowest BCUT2D eigenvalue weighted by Crippen LogP contribution is -2.46. The molecule has 1 atom stereocenters. The highest BCUT2D eigenvalue weighted by Crippen LogP contribution is 2.28. The molecule has 82 valence electrons. The van der Waals surface area contributed by atoms with Crippen LogP contribution in [-0.4, -0.2) is 31.6 Å². The van der Waals surface area contributed by atoms with Crippen LogP contribution in [0.5, 0.6) is 0 Å². The fraction of sp³-hybridized carbons (Fsp3) is 0.538. The van der Waals surface area contributed by atoms with Crippen LogP contribution in [0, 0.1) is 6.92 Å². The Kier molecular flexibility index (Phi) is 2.81. The molecule has 0 saturated carbocycles. The number of nitrogens with zero attached hydrogens (tertiary/aromatic N) is 1. The molecule has 0 aliphatic carbocycles. The van der Waals surface area contributed by atoms with Gasteiger partial charge in [0.05, 0.1) is 6.61 Å². The van der Waals surface area contributed by atoms with Crippen LogP contribution in [0.25, 0.3) is 0 Å². The first-order valence-corrected chi connectivity index (χ1v) is 5.50. The van der Waals surface area contributed by atoms with Gasteiger partial charge in [-0.15, -0.1) is 0 Å². The van der Waals surface area contributed by atoms with E-state index in [0.717, 1.165) is 19.7 Å². The highest BCUT2D eigenvalue weighted by atomic mass is 16.5. The van der Waals surface area contributed by atoms with Crippen LogP contribution >= 0.6 is 0 Å². The Morgan fingerprint density at radius 2 is 1.93 bits per heavy atom. The normalized spacial score (nSPS) is 27.9. The van der Waals surface area contributed by atoms with E-state index in [1.54, 1.807) is 0 Å². The lowest BCUT2D eigenvalue weighted by atomic mass is 9.93. The van der Waals surface area contributed by atoms with E-state index in [0.29, 0.717) is 0 Å². The van der Waals surface area contributed by atoms with Crippen molar-refractivity contribution >= 4 is 0 Å². The first-order valence-electron chi connectivity index (χ1n) is 5.50.